The molecule has 1 aromatic heterocycles. The van der Waals surface area contributed by atoms with Crippen LogP contribution in [0.4, 0.5) is 22.0 Å². The van der Waals surface area contributed by atoms with Gasteiger partial charge in [0.15, 0.2) is 5.82 Å². The normalized spacial score (nSPS) is 16.3. The van der Waals surface area contributed by atoms with Gasteiger partial charge in [-0.3, -0.25) is 19.4 Å². The molecule has 1 aromatic carbocycles. The average Bonchev–Trinajstić information content (AvgIpc) is 2.87. The monoisotopic (exact) mass is 423 g/mol. The van der Waals surface area contributed by atoms with Crippen LogP contribution in [0.5, 0.6) is 0 Å². The first kappa shape index (κ1) is 20.8. The van der Waals surface area contributed by atoms with Crippen molar-refractivity contribution in [1.29, 1.82) is 0 Å². The number of anilines is 3. The quantitative estimate of drug-likeness (QED) is 0.815. The lowest BCUT2D eigenvalue weighted by molar-refractivity contribution is -0.119. The maximum absolute atomic E-state index is 13.4. The molecule has 0 aliphatic carbocycles. The van der Waals surface area contributed by atoms with Gasteiger partial charge in [-0.25, -0.2) is 9.78 Å². The molecule has 162 valence electrons. The number of nitrogens with one attached hydrogen (secondary N) is 1. The maximum atomic E-state index is 13.4. The van der Waals surface area contributed by atoms with E-state index in [2.05, 4.69) is 10.3 Å². The SMILES string of the molecule is CC(C)OC(=O)N1CCN(CC(=O)N2c3ccccc3C(=O)Nc3cccnc32)CC1. The molecule has 0 unspecified atom stereocenters. The van der Waals surface area contributed by atoms with Crippen molar-refractivity contribution in [2.75, 3.05) is 42.9 Å². The lowest BCUT2D eigenvalue weighted by atomic mass is 10.1. The van der Waals surface area contributed by atoms with Crippen LogP contribution >= 0.6 is 0 Å². The highest BCUT2D eigenvalue weighted by Crippen LogP contribution is 2.36. The van der Waals surface area contributed by atoms with E-state index in [1.165, 1.54) is 4.90 Å². The van der Waals surface area contributed by atoms with E-state index >= 15 is 0 Å². The number of benzene rings is 1. The lowest BCUT2D eigenvalue weighted by Gasteiger charge is -2.35. The number of para-hydroxylation sites is 1. The summed E-state index contributed by atoms with van der Waals surface area (Å²) in [7, 11) is 0. The molecule has 2 aromatic rings. The average molecular weight is 423 g/mol. The molecule has 1 N–H and O–H groups in total. The van der Waals surface area contributed by atoms with E-state index in [-0.39, 0.29) is 30.6 Å². The van der Waals surface area contributed by atoms with Crippen LogP contribution in [0.25, 0.3) is 0 Å². The predicted molar refractivity (Wildman–Crippen MR) is 115 cm³/mol. The third kappa shape index (κ3) is 4.36. The van der Waals surface area contributed by atoms with Gasteiger partial charge in [0.1, 0.15) is 0 Å². The van der Waals surface area contributed by atoms with E-state index in [1.807, 2.05) is 18.7 Å². The fourth-order valence-electron chi connectivity index (χ4n) is 3.72. The van der Waals surface area contributed by atoms with Gasteiger partial charge in [0.05, 0.1) is 29.6 Å². The van der Waals surface area contributed by atoms with E-state index in [4.69, 9.17) is 4.74 Å². The van der Waals surface area contributed by atoms with Crippen LogP contribution in [0.15, 0.2) is 42.6 Å². The first-order valence-corrected chi connectivity index (χ1v) is 10.3. The number of hydrogen-bond acceptors (Lipinski definition) is 6. The van der Waals surface area contributed by atoms with E-state index in [0.717, 1.165) is 0 Å². The van der Waals surface area contributed by atoms with Crippen molar-refractivity contribution >= 4 is 35.1 Å². The number of carbonyl (C=O) groups excluding carboxylic acids is 3. The topological polar surface area (TPSA) is 95.1 Å². The molecule has 0 bridgehead atoms. The summed E-state index contributed by atoms with van der Waals surface area (Å²) in [5.41, 5.74) is 1.40. The second kappa shape index (κ2) is 8.73. The molecule has 9 heteroatoms. The highest BCUT2D eigenvalue weighted by atomic mass is 16.6. The summed E-state index contributed by atoms with van der Waals surface area (Å²) in [6, 6.07) is 10.4. The van der Waals surface area contributed by atoms with Crippen LogP contribution in [0.2, 0.25) is 0 Å². The lowest BCUT2D eigenvalue weighted by Crippen LogP contribution is -2.51. The second-order valence-electron chi connectivity index (χ2n) is 7.77. The summed E-state index contributed by atoms with van der Waals surface area (Å²) in [5.74, 6) is -0.0792. The number of rotatable bonds is 3. The van der Waals surface area contributed by atoms with E-state index < -0.39 is 0 Å². The molecule has 3 amide bonds. The Balaban J connectivity index is 1.52. The van der Waals surface area contributed by atoms with Gasteiger partial charge >= 0.3 is 6.09 Å². The predicted octanol–water partition coefficient (Wildman–Crippen LogP) is 2.47. The summed E-state index contributed by atoms with van der Waals surface area (Å²) in [6.45, 7) is 5.87. The molecule has 1 saturated heterocycles. The number of amides is 3. The van der Waals surface area contributed by atoms with Crippen LogP contribution in [-0.2, 0) is 9.53 Å². The zero-order valence-electron chi connectivity index (χ0n) is 17.6. The number of carbonyl (C=O) groups is 3. The number of aromatic nitrogens is 1. The number of hydrogen-bond donors (Lipinski definition) is 1. The van der Waals surface area contributed by atoms with Crippen molar-refractivity contribution in [1.82, 2.24) is 14.8 Å². The van der Waals surface area contributed by atoms with Gasteiger partial charge in [0.25, 0.3) is 5.91 Å². The fraction of sp³-hybridized carbons (Fsp3) is 0.364. The van der Waals surface area contributed by atoms with Crippen molar-refractivity contribution < 1.29 is 19.1 Å². The van der Waals surface area contributed by atoms with Crippen LogP contribution in [-0.4, -0.2) is 71.5 Å². The molecular weight excluding hydrogens is 398 g/mol. The molecule has 9 nitrogen and oxygen atoms in total. The van der Waals surface area contributed by atoms with Crippen molar-refractivity contribution in [3.63, 3.8) is 0 Å². The Morgan fingerprint density at radius 1 is 1.10 bits per heavy atom. The Morgan fingerprint density at radius 2 is 1.84 bits per heavy atom. The van der Waals surface area contributed by atoms with Gasteiger partial charge in [0, 0.05) is 32.4 Å². The zero-order chi connectivity index (χ0) is 22.0. The number of pyridine rings is 1. The van der Waals surface area contributed by atoms with Gasteiger partial charge in [-0.05, 0) is 38.1 Å². The Bertz CT molecular complexity index is 1000. The molecule has 0 atom stereocenters. The standard InChI is InChI=1S/C22H25N5O4/c1-15(2)31-22(30)26-12-10-25(11-13-26)14-19(28)27-18-8-4-3-6-16(18)21(29)24-17-7-5-9-23-20(17)27/h3-9,15H,10-14H2,1-2H3,(H,24,29). The summed E-state index contributed by atoms with van der Waals surface area (Å²) < 4.78 is 5.25. The third-order valence-electron chi connectivity index (χ3n) is 5.21. The maximum Gasteiger partial charge on any atom is 0.410 e. The molecule has 0 radical (unpaired) electrons. The van der Waals surface area contributed by atoms with Gasteiger partial charge in [0.2, 0.25) is 5.91 Å². The minimum Gasteiger partial charge on any atom is -0.447 e. The number of nitrogens with zero attached hydrogens (tertiary/aromatic N) is 4. The summed E-state index contributed by atoms with van der Waals surface area (Å²) in [4.78, 5) is 47.7. The van der Waals surface area contributed by atoms with E-state index in [1.54, 1.807) is 47.5 Å². The third-order valence-corrected chi connectivity index (χ3v) is 5.21. The minimum atomic E-state index is -0.329. The van der Waals surface area contributed by atoms with Gasteiger partial charge in [-0.15, -0.1) is 0 Å². The Labute approximate surface area is 180 Å². The van der Waals surface area contributed by atoms with Crippen LogP contribution in [0.1, 0.15) is 24.2 Å². The van der Waals surface area contributed by atoms with Crippen molar-refractivity contribution in [2.24, 2.45) is 0 Å². The fourth-order valence-corrected chi connectivity index (χ4v) is 3.72. The first-order chi connectivity index (χ1) is 14.9. The highest BCUT2D eigenvalue weighted by molar-refractivity contribution is 6.17. The van der Waals surface area contributed by atoms with Crippen LogP contribution < -0.4 is 10.2 Å². The van der Waals surface area contributed by atoms with Gasteiger partial charge < -0.3 is 15.0 Å². The summed E-state index contributed by atoms with van der Waals surface area (Å²) in [5, 5.41) is 2.83. The Morgan fingerprint density at radius 3 is 2.58 bits per heavy atom. The molecule has 3 heterocycles. The smallest absolute Gasteiger partial charge is 0.410 e. The molecule has 31 heavy (non-hydrogen) atoms. The molecule has 2 aliphatic heterocycles. The molecule has 0 saturated carbocycles. The van der Waals surface area contributed by atoms with E-state index in [0.29, 0.717) is 48.9 Å². The van der Waals surface area contributed by atoms with Gasteiger partial charge in [-0.2, -0.15) is 0 Å². The summed E-state index contributed by atoms with van der Waals surface area (Å²) >= 11 is 0. The highest BCUT2D eigenvalue weighted by Gasteiger charge is 2.32. The van der Waals surface area contributed by atoms with Crippen LogP contribution in [0.3, 0.4) is 0 Å². The minimum absolute atomic E-state index is 0.144. The van der Waals surface area contributed by atoms with E-state index in [9.17, 15) is 14.4 Å². The van der Waals surface area contributed by atoms with Crippen LogP contribution in [0, 0.1) is 0 Å². The van der Waals surface area contributed by atoms with Crippen molar-refractivity contribution in [3.8, 4) is 0 Å². The van der Waals surface area contributed by atoms with Crippen molar-refractivity contribution in [2.45, 2.75) is 20.0 Å². The Hall–Kier alpha value is -3.46. The zero-order valence-corrected chi connectivity index (χ0v) is 17.6. The molecular formula is C22H25N5O4. The number of ether oxygens (including phenoxy) is 1. The second-order valence-corrected chi connectivity index (χ2v) is 7.77. The summed E-state index contributed by atoms with van der Waals surface area (Å²) in [6.07, 6.45) is 1.10. The number of fused-ring (bicyclic) bond motifs is 2. The molecule has 0 spiro atoms. The van der Waals surface area contributed by atoms with Gasteiger partial charge in [-0.1, -0.05) is 12.1 Å². The molecule has 2 aliphatic rings. The molecule has 1 fully saturated rings. The van der Waals surface area contributed by atoms with Crippen molar-refractivity contribution in [3.05, 3.63) is 48.2 Å². The number of piperazine rings is 1. The first-order valence-electron chi connectivity index (χ1n) is 10.3. The Kier molecular flexibility index (Phi) is 5.85. The largest absolute Gasteiger partial charge is 0.447 e. The molecule has 4 rings (SSSR count).